The molecular weight excluding hydrogens is 490 g/mol. The number of aromatic amines is 1. The number of rotatable bonds is 8. The predicted octanol–water partition coefficient (Wildman–Crippen LogP) is 3.93. The molecule has 0 saturated heterocycles. The van der Waals surface area contributed by atoms with Crippen LogP contribution in [0.1, 0.15) is 55.8 Å². The van der Waals surface area contributed by atoms with Crippen LogP contribution in [0.25, 0.3) is 22.3 Å². The van der Waals surface area contributed by atoms with Crippen LogP contribution in [0.4, 0.5) is 4.79 Å². The molecule has 11 heteroatoms. The van der Waals surface area contributed by atoms with Crippen molar-refractivity contribution in [3.8, 4) is 28.5 Å². The molecule has 200 valence electrons. The molecule has 0 radical (unpaired) electrons. The van der Waals surface area contributed by atoms with Crippen LogP contribution in [-0.4, -0.2) is 59.0 Å². The molecule has 3 N–H and O–H groups in total. The van der Waals surface area contributed by atoms with Crippen LogP contribution in [0.2, 0.25) is 0 Å². The number of alkyl carbamates (subject to hydrolysis) is 1. The number of nitrogens with one attached hydrogen (secondary N) is 3. The monoisotopic (exact) mass is 521 g/mol. The van der Waals surface area contributed by atoms with E-state index < -0.39 is 6.09 Å². The fourth-order valence-corrected chi connectivity index (χ4v) is 5.08. The van der Waals surface area contributed by atoms with Gasteiger partial charge in [0.05, 0.1) is 29.9 Å². The van der Waals surface area contributed by atoms with Crippen LogP contribution < -0.4 is 24.8 Å². The van der Waals surface area contributed by atoms with Crippen molar-refractivity contribution in [3.05, 3.63) is 30.2 Å². The second-order valence-electron chi connectivity index (χ2n) is 9.96. The number of carbonyl (C=O) groups excluding carboxylic acids is 2. The lowest BCUT2D eigenvalue weighted by atomic mass is 9.91. The van der Waals surface area contributed by atoms with Gasteiger partial charge >= 0.3 is 6.09 Å². The average Bonchev–Trinajstić information content (AvgIpc) is 3.44. The normalized spacial score (nSPS) is 20.2. The summed E-state index contributed by atoms with van der Waals surface area (Å²) in [6, 6.07) is 3.79. The first-order valence-corrected chi connectivity index (χ1v) is 13.2. The fourth-order valence-electron chi connectivity index (χ4n) is 5.08. The van der Waals surface area contributed by atoms with Crippen molar-refractivity contribution in [2.45, 2.75) is 57.5 Å². The Bertz CT molecular complexity index is 1350. The number of amides is 2. The first-order chi connectivity index (χ1) is 18.6. The van der Waals surface area contributed by atoms with E-state index in [1.165, 1.54) is 19.2 Å². The van der Waals surface area contributed by atoms with Crippen molar-refractivity contribution in [1.82, 2.24) is 25.6 Å². The summed E-state index contributed by atoms with van der Waals surface area (Å²) in [7, 11) is 0. The Hall–Kier alpha value is -4.02. The maximum absolute atomic E-state index is 13.3. The summed E-state index contributed by atoms with van der Waals surface area (Å²) in [5, 5.41) is 6.01. The van der Waals surface area contributed by atoms with E-state index in [0.717, 1.165) is 25.7 Å². The van der Waals surface area contributed by atoms with Crippen LogP contribution in [-0.2, 0) is 4.74 Å². The number of nitrogens with zero attached hydrogens (tertiary/aromatic N) is 2. The Morgan fingerprint density at radius 2 is 1.84 bits per heavy atom. The van der Waals surface area contributed by atoms with E-state index in [4.69, 9.17) is 18.9 Å². The van der Waals surface area contributed by atoms with Gasteiger partial charge in [-0.15, -0.1) is 0 Å². The third-order valence-electron chi connectivity index (χ3n) is 7.28. The summed E-state index contributed by atoms with van der Waals surface area (Å²) in [4.78, 5) is 37.2. The molecule has 2 fully saturated rings. The van der Waals surface area contributed by atoms with E-state index in [1.54, 1.807) is 13.1 Å². The van der Waals surface area contributed by atoms with Crippen LogP contribution in [0.5, 0.6) is 17.2 Å². The summed E-state index contributed by atoms with van der Waals surface area (Å²) in [5.41, 5.74) is 2.87. The van der Waals surface area contributed by atoms with Crippen molar-refractivity contribution < 1.29 is 28.5 Å². The summed E-state index contributed by atoms with van der Waals surface area (Å²) in [6.45, 7) is 2.88. The third-order valence-corrected chi connectivity index (χ3v) is 7.28. The van der Waals surface area contributed by atoms with Gasteiger partial charge in [-0.25, -0.2) is 14.8 Å². The third kappa shape index (κ3) is 4.92. The van der Waals surface area contributed by atoms with E-state index in [0.29, 0.717) is 64.2 Å². The Labute approximate surface area is 219 Å². The van der Waals surface area contributed by atoms with E-state index >= 15 is 0 Å². The fraction of sp³-hybridized carbons (Fsp3) is 0.481. The SMILES string of the molecule is CCOC(=O)N[C@H]1CC[C@@H](NC(=O)c2c[nH]c3c(-c4c(OCC5CC5)ccc5c4OCO5)ncnc23)CC1. The highest BCUT2D eigenvalue weighted by Crippen LogP contribution is 2.48. The van der Waals surface area contributed by atoms with E-state index in [-0.39, 0.29) is 24.8 Å². The van der Waals surface area contributed by atoms with Gasteiger partial charge in [0.25, 0.3) is 5.91 Å². The zero-order valence-electron chi connectivity index (χ0n) is 21.2. The quantitative estimate of drug-likeness (QED) is 0.406. The smallest absolute Gasteiger partial charge is 0.407 e. The number of carbonyl (C=O) groups is 2. The molecule has 0 spiro atoms. The van der Waals surface area contributed by atoms with Crippen LogP contribution in [0.15, 0.2) is 24.7 Å². The molecule has 1 aromatic carbocycles. The molecule has 11 nitrogen and oxygen atoms in total. The molecule has 2 aromatic heterocycles. The predicted molar refractivity (Wildman–Crippen MR) is 137 cm³/mol. The van der Waals surface area contributed by atoms with Gasteiger partial charge in [-0.2, -0.15) is 0 Å². The molecule has 3 heterocycles. The van der Waals surface area contributed by atoms with Gasteiger partial charge < -0.3 is 34.6 Å². The van der Waals surface area contributed by atoms with Crippen molar-refractivity contribution in [2.24, 2.45) is 5.92 Å². The summed E-state index contributed by atoms with van der Waals surface area (Å²) in [6.07, 6.45) is 8.15. The highest BCUT2D eigenvalue weighted by atomic mass is 16.7. The molecule has 3 aliphatic rings. The Morgan fingerprint density at radius 1 is 1.05 bits per heavy atom. The zero-order valence-corrected chi connectivity index (χ0v) is 21.2. The summed E-state index contributed by atoms with van der Waals surface area (Å²) in [5.74, 6) is 2.24. The lowest BCUT2D eigenvalue weighted by Gasteiger charge is -2.29. The second kappa shape index (κ2) is 10.4. The number of ether oxygens (including phenoxy) is 4. The van der Waals surface area contributed by atoms with Crippen molar-refractivity contribution in [3.63, 3.8) is 0 Å². The topological polar surface area (TPSA) is 137 Å². The molecule has 0 bridgehead atoms. The van der Waals surface area contributed by atoms with Gasteiger partial charge in [0.1, 0.15) is 23.3 Å². The minimum Gasteiger partial charge on any atom is -0.492 e. The second-order valence-corrected chi connectivity index (χ2v) is 9.96. The van der Waals surface area contributed by atoms with Gasteiger partial charge in [0.2, 0.25) is 6.79 Å². The van der Waals surface area contributed by atoms with Gasteiger partial charge in [0, 0.05) is 18.3 Å². The van der Waals surface area contributed by atoms with E-state index in [1.807, 2.05) is 12.1 Å². The molecule has 2 aliphatic carbocycles. The first-order valence-electron chi connectivity index (χ1n) is 13.2. The number of hydrogen-bond donors (Lipinski definition) is 3. The minimum atomic E-state index is -0.392. The molecule has 3 aromatic rings. The Kier molecular flexibility index (Phi) is 6.65. The molecular formula is C27H31N5O6. The van der Waals surface area contributed by atoms with Crippen molar-refractivity contribution in [1.29, 1.82) is 0 Å². The number of H-pyrrole nitrogens is 1. The lowest BCUT2D eigenvalue weighted by molar-refractivity contribution is 0.0923. The zero-order chi connectivity index (χ0) is 26.1. The van der Waals surface area contributed by atoms with Gasteiger partial charge in [-0.1, -0.05) is 0 Å². The molecule has 0 unspecified atom stereocenters. The number of hydrogen-bond acceptors (Lipinski definition) is 8. The largest absolute Gasteiger partial charge is 0.492 e. The van der Waals surface area contributed by atoms with Crippen molar-refractivity contribution in [2.75, 3.05) is 20.0 Å². The highest BCUT2D eigenvalue weighted by molar-refractivity contribution is 6.08. The average molecular weight is 522 g/mol. The maximum Gasteiger partial charge on any atom is 0.407 e. The van der Waals surface area contributed by atoms with Crippen LogP contribution in [0, 0.1) is 5.92 Å². The summed E-state index contributed by atoms with van der Waals surface area (Å²) >= 11 is 0. The molecule has 0 atom stereocenters. The first kappa shape index (κ1) is 24.3. The number of fused-ring (bicyclic) bond motifs is 2. The highest BCUT2D eigenvalue weighted by Gasteiger charge is 2.30. The molecule has 6 rings (SSSR count). The molecule has 2 saturated carbocycles. The van der Waals surface area contributed by atoms with Gasteiger partial charge in [0.15, 0.2) is 11.5 Å². The standard InChI is InChI=1S/C27H31N5O6/c1-2-35-27(34)32-17-7-5-16(6-8-17)31-26(33)18-11-28-24-22(18)29-13-30-23(24)21-19(36-12-15-3-4-15)9-10-20-25(21)38-14-37-20/h9-11,13,15-17,28H,2-8,12,14H2,1H3,(H,31,33)(H,32,34)/t16-,17+. The summed E-state index contributed by atoms with van der Waals surface area (Å²) < 4.78 is 22.6. The number of benzene rings is 1. The van der Waals surface area contributed by atoms with Gasteiger partial charge in [-0.05, 0) is 63.5 Å². The minimum absolute atomic E-state index is 0.0133. The van der Waals surface area contributed by atoms with E-state index in [9.17, 15) is 9.59 Å². The number of aromatic nitrogens is 3. The Balaban J connectivity index is 1.21. The van der Waals surface area contributed by atoms with Crippen LogP contribution in [0.3, 0.4) is 0 Å². The lowest BCUT2D eigenvalue weighted by Crippen LogP contribution is -2.43. The van der Waals surface area contributed by atoms with Gasteiger partial charge in [-0.3, -0.25) is 4.79 Å². The molecule has 38 heavy (non-hydrogen) atoms. The van der Waals surface area contributed by atoms with Crippen LogP contribution >= 0.6 is 0 Å². The van der Waals surface area contributed by atoms with E-state index in [2.05, 4.69) is 25.6 Å². The molecule has 2 amide bonds. The maximum atomic E-state index is 13.3. The Morgan fingerprint density at radius 3 is 2.61 bits per heavy atom. The molecule has 1 aliphatic heterocycles. The van der Waals surface area contributed by atoms with Crippen molar-refractivity contribution >= 4 is 23.0 Å².